The van der Waals surface area contributed by atoms with Crippen LogP contribution in [0.3, 0.4) is 0 Å². The second-order valence-electron chi connectivity index (χ2n) is 8.53. The minimum Gasteiger partial charge on any atom is -0.339 e. The molecule has 0 saturated carbocycles. The number of aromatic nitrogens is 4. The standard InChI is InChI=1S/C20H29N5O2/c1-13-18(14(2)22-21-13)19(27)24-10-8-15(9-11-24)12-25-17(26)7-6-16(23-25)20(3,4)5/h6-7,15H,8-12H2,1-5H3,(H,21,22). The molecule has 3 heterocycles. The van der Waals surface area contributed by atoms with Crippen molar-refractivity contribution in [3.63, 3.8) is 0 Å². The number of hydrogen-bond donors (Lipinski definition) is 1. The maximum absolute atomic E-state index is 12.8. The number of carbonyl (C=O) groups is 1. The van der Waals surface area contributed by atoms with E-state index in [0.717, 1.165) is 29.9 Å². The van der Waals surface area contributed by atoms with Crippen molar-refractivity contribution in [1.29, 1.82) is 0 Å². The zero-order valence-electron chi connectivity index (χ0n) is 16.9. The number of H-pyrrole nitrogens is 1. The molecule has 3 rings (SSSR count). The molecule has 0 aromatic carbocycles. The van der Waals surface area contributed by atoms with E-state index >= 15 is 0 Å². The number of carbonyl (C=O) groups excluding carboxylic acids is 1. The van der Waals surface area contributed by atoms with Gasteiger partial charge >= 0.3 is 0 Å². The van der Waals surface area contributed by atoms with Gasteiger partial charge in [0.05, 0.1) is 17.0 Å². The van der Waals surface area contributed by atoms with Crippen LogP contribution >= 0.6 is 0 Å². The highest BCUT2D eigenvalue weighted by Gasteiger charge is 2.27. The number of hydrogen-bond acceptors (Lipinski definition) is 4. The molecule has 7 nitrogen and oxygen atoms in total. The first-order valence-electron chi connectivity index (χ1n) is 9.56. The Kier molecular flexibility index (Phi) is 5.22. The molecule has 1 saturated heterocycles. The summed E-state index contributed by atoms with van der Waals surface area (Å²) in [5.41, 5.74) is 3.01. The molecule has 2 aromatic rings. The van der Waals surface area contributed by atoms with Gasteiger partial charge in [-0.1, -0.05) is 20.8 Å². The molecule has 0 bridgehead atoms. The first-order chi connectivity index (χ1) is 12.7. The van der Waals surface area contributed by atoms with E-state index in [9.17, 15) is 9.59 Å². The summed E-state index contributed by atoms with van der Waals surface area (Å²) < 4.78 is 1.59. The van der Waals surface area contributed by atoms with Crippen LogP contribution in [-0.4, -0.2) is 43.9 Å². The van der Waals surface area contributed by atoms with Crippen LogP contribution < -0.4 is 5.56 Å². The summed E-state index contributed by atoms with van der Waals surface area (Å²) >= 11 is 0. The summed E-state index contributed by atoms with van der Waals surface area (Å²) in [6.07, 6.45) is 1.74. The van der Waals surface area contributed by atoms with E-state index in [2.05, 4.69) is 36.1 Å². The average molecular weight is 371 g/mol. The van der Waals surface area contributed by atoms with Crippen molar-refractivity contribution < 1.29 is 4.79 Å². The van der Waals surface area contributed by atoms with Crippen LogP contribution in [0.4, 0.5) is 0 Å². The second kappa shape index (κ2) is 7.29. The van der Waals surface area contributed by atoms with Gasteiger partial charge in [0.25, 0.3) is 11.5 Å². The molecule has 0 radical (unpaired) electrons. The smallest absolute Gasteiger partial charge is 0.266 e. The lowest BCUT2D eigenvalue weighted by atomic mass is 9.92. The lowest BCUT2D eigenvalue weighted by Gasteiger charge is -2.32. The number of amides is 1. The lowest BCUT2D eigenvalue weighted by Crippen LogP contribution is -2.40. The normalized spacial score (nSPS) is 16.0. The highest BCUT2D eigenvalue weighted by atomic mass is 16.2. The molecule has 1 aliphatic rings. The van der Waals surface area contributed by atoms with Crippen LogP contribution in [0.1, 0.15) is 61.1 Å². The Morgan fingerprint density at radius 2 is 1.89 bits per heavy atom. The first-order valence-corrected chi connectivity index (χ1v) is 9.56. The summed E-state index contributed by atoms with van der Waals surface area (Å²) in [5.74, 6) is 0.392. The van der Waals surface area contributed by atoms with E-state index in [1.807, 2.05) is 24.8 Å². The van der Waals surface area contributed by atoms with Gasteiger partial charge in [-0.3, -0.25) is 14.7 Å². The Labute approximate surface area is 159 Å². The van der Waals surface area contributed by atoms with Crippen LogP contribution in [0.2, 0.25) is 0 Å². The van der Waals surface area contributed by atoms with Gasteiger partial charge in [0.1, 0.15) is 0 Å². The molecule has 146 valence electrons. The second-order valence-corrected chi connectivity index (χ2v) is 8.53. The number of piperidine rings is 1. The summed E-state index contributed by atoms with van der Waals surface area (Å²) in [7, 11) is 0. The fraction of sp³-hybridized carbons (Fsp3) is 0.600. The van der Waals surface area contributed by atoms with E-state index in [4.69, 9.17) is 0 Å². The van der Waals surface area contributed by atoms with Crippen molar-refractivity contribution in [3.05, 3.63) is 45.1 Å². The van der Waals surface area contributed by atoms with Crippen molar-refractivity contribution in [2.24, 2.45) is 5.92 Å². The summed E-state index contributed by atoms with van der Waals surface area (Å²) in [4.78, 5) is 26.9. The molecular weight excluding hydrogens is 342 g/mol. The van der Waals surface area contributed by atoms with Crippen molar-refractivity contribution in [2.45, 2.75) is 59.4 Å². The fourth-order valence-electron chi connectivity index (χ4n) is 3.57. The van der Waals surface area contributed by atoms with E-state index in [0.29, 0.717) is 31.1 Å². The topological polar surface area (TPSA) is 83.9 Å². The number of nitrogens with one attached hydrogen (secondary N) is 1. The predicted octanol–water partition coefficient (Wildman–Crippen LogP) is 2.43. The zero-order chi connectivity index (χ0) is 19.8. The highest BCUT2D eigenvalue weighted by molar-refractivity contribution is 5.96. The Hall–Kier alpha value is -2.44. The quantitative estimate of drug-likeness (QED) is 0.898. The number of likely N-dealkylation sites (tertiary alicyclic amines) is 1. The average Bonchev–Trinajstić information content (AvgIpc) is 2.94. The van der Waals surface area contributed by atoms with E-state index in [-0.39, 0.29) is 16.9 Å². The summed E-state index contributed by atoms with van der Waals surface area (Å²) in [5, 5.41) is 11.6. The number of nitrogens with zero attached hydrogens (tertiary/aromatic N) is 4. The Morgan fingerprint density at radius 3 is 2.44 bits per heavy atom. The summed E-state index contributed by atoms with van der Waals surface area (Å²) in [6, 6.07) is 3.42. The molecule has 1 amide bonds. The van der Waals surface area contributed by atoms with Crippen molar-refractivity contribution in [1.82, 2.24) is 24.9 Å². The number of rotatable bonds is 3. The third kappa shape index (κ3) is 4.12. The van der Waals surface area contributed by atoms with Gasteiger partial charge in [-0.15, -0.1) is 0 Å². The molecule has 1 aliphatic heterocycles. The molecule has 27 heavy (non-hydrogen) atoms. The van der Waals surface area contributed by atoms with Crippen LogP contribution in [0, 0.1) is 19.8 Å². The summed E-state index contributed by atoms with van der Waals surface area (Å²) in [6.45, 7) is 12.0. The maximum atomic E-state index is 12.8. The van der Waals surface area contributed by atoms with Gasteiger partial charge in [0, 0.05) is 36.8 Å². The van der Waals surface area contributed by atoms with Crippen LogP contribution in [0.25, 0.3) is 0 Å². The lowest BCUT2D eigenvalue weighted by molar-refractivity contribution is 0.0679. The SMILES string of the molecule is Cc1n[nH]c(C)c1C(=O)N1CCC(Cn2nc(C(C)(C)C)ccc2=O)CC1. The number of aryl methyl sites for hydroxylation is 2. The number of aromatic amines is 1. The Balaban J connectivity index is 1.65. The van der Waals surface area contributed by atoms with E-state index < -0.39 is 0 Å². The Bertz CT molecular complexity index is 863. The fourth-order valence-corrected chi connectivity index (χ4v) is 3.57. The third-order valence-electron chi connectivity index (χ3n) is 5.31. The van der Waals surface area contributed by atoms with Gasteiger partial charge in [0.2, 0.25) is 0 Å². The predicted molar refractivity (Wildman–Crippen MR) is 104 cm³/mol. The van der Waals surface area contributed by atoms with Crippen LogP contribution in [0.5, 0.6) is 0 Å². The monoisotopic (exact) mass is 371 g/mol. The molecule has 0 atom stereocenters. The molecule has 0 aliphatic carbocycles. The molecular formula is C20H29N5O2. The minimum absolute atomic E-state index is 0.0437. The van der Waals surface area contributed by atoms with Gasteiger partial charge in [-0.2, -0.15) is 10.2 Å². The van der Waals surface area contributed by atoms with Gasteiger partial charge in [0.15, 0.2) is 0 Å². The largest absolute Gasteiger partial charge is 0.339 e. The highest BCUT2D eigenvalue weighted by Crippen LogP contribution is 2.23. The van der Waals surface area contributed by atoms with Gasteiger partial charge in [-0.25, -0.2) is 4.68 Å². The van der Waals surface area contributed by atoms with Crippen LogP contribution in [-0.2, 0) is 12.0 Å². The maximum Gasteiger partial charge on any atom is 0.266 e. The van der Waals surface area contributed by atoms with Gasteiger partial charge < -0.3 is 4.90 Å². The molecule has 1 fully saturated rings. The van der Waals surface area contributed by atoms with Crippen molar-refractivity contribution in [2.75, 3.05) is 13.1 Å². The zero-order valence-corrected chi connectivity index (χ0v) is 16.9. The molecule has 0 unspecified atom stereocenters. The molecule has 2 aromatic heterocycles. The van der Waals surface area contributed by atoms with E-state index in [1.54, 1.807) is 10.7 Å². The van der Waals surface area contributed by atoms with Gasteiger partial charge in [-0.05, 0) is 38.7 Å². The first kappa shape index (κ1) is 19.3. The van der Waals surface area contributed by atoms with Crippen molar-refractivity contribution >= 4 is 5.91 Å². The molecule has 1 N–H and O–H groups in total. The minimum atomic E-state index is -0.0917. The Morgan fingerprint density at radius 1 is 1.22 bits per heavy atom. The third-order valence-corrected chi connectivity index (χ3v) is 5.31. The van der Waals surface area contributed by atoms with E-state index in [1.165, 1.54) is 0 Å². The van der Waals surface area contributed by atoms with Crippen molar-refractivity contribution in [3.8, 4) is 0 Å². The molecule has 7 heteroatoms. The molecule has 0 spiro atoms. The van der Waals surface area contributed by atoms with Crippen LogP contribution in [0.15, 0.2) is 16.9 Å².